The number of aliphatic hydroxyl groups is 1. The van der Waals surface area contributed by atoms with Gasteiger partial charge in [0.2, 0.25) is 0 Å². The second-order valence-corrected chi connectivity index (χ2v) is 7.91. The Kier molecular flexibility index (Phi) is 7.80. The Labute approximate surface area is 165 Å². The quantitative estimate of drug-likeness (QED) is 0.434. The van der Waals surface area contributed by atoms with E-state index in [1.807, 2.05) is 13.8 Å². The highest BCUT2D eigenvalue weighted by atomic mass is 16.6. The van der Waals surface area contributed by atoms with E-state index >= 15 is 0 Å². The molecule has 1 heterocycles. The van der Waals surface area contributed by atoms with Gasteiger partial charge in [-0.05, 0) is 31.1 Å². The van der Waals surface area contributed by atoms with Crippen LogP contribution in [-0.4, -0.2) is 48.9 Å². The van der Waals surface area contributed by atoms with Crippen LogP contribution in [0.2, 0.25) is 0 Å². The van der Waals surface area contributed by atoms with Crippen LogP contribution in [0.1, 0.15) is 46.0 Å². The first-order valence-electron chi connectivity index (χ1n) is 9.74. The topological polar surface area (TPSA) is 99.1 Å². The Morgan fingerprint density at radius 1 is 1.39 bits per heavy atom. The molecule has 0 aromatic rings. The number of rotatable bonds is 5. The molecule has 1 unspecified atom stereocenters. The molecular weight excluding hydrogens is 364 g/mol. The molecule has 2 rings (SSSR count). The van der Waals surface area contributed by atoms with Crippen LogP contribution in [0, 0.1) is 17.8 Å². The molecule has 0 aromatic heterocycles. The molecule has 7 nitrogen and oxygen atoms in total. The normalized spacial score (nSPS) is 30.1. The molecule has 0 saturated carbocycles. The molecule has 0 amide bonds. The molecule has 1 aliphatic heterocycles. The molecule has 156 valence electrons. The fourth-order valence-corrected chi connectivity index (χ4v) is 3.80. The van der Waals surface area contributed by atoms with Crippen molar-refractivity contribution in [1.29, 1.82) is 0 Å². The van der Waals surface area contributed by atoms with Gasteiger partial charge in [0.1, 0.15) is 12.2 Å². The number of allylic oxidation sites excluding steroid dienone is 1. The van der Waals surface area contributed by atoms with Crippen LogP contribution >= 0.6 is 0 Å². The van der Waals surface area contributed by atoms with Crippen LogP contribution in [-0.2, 0) is 28.6 Å². The summed E-state index contributed by atoms with van der Waals surface area (Å²) in [5, 5.41) is 9.69. The van der Waals surface area contributed by atoms with Crippen molar-refractivity contribution in [2.24, 2.45) is 17.8 Å². The molecule has 1 N–H and O–H groups in total. The number of methoxy groups -OCH3 is 1. The average Bonchev–Trinajstić information content (AvgIpc) is 2.91. The maximum Gasteiger partial charge on any atom is 0.334 e. The lowest BCUT2D eigenvalue weighted by atomic mass is 9.81. The first-order valence-corrected chi connectivity index (χ1v) is 9.74. The summed E-state index contributed by atoms with van der Waals surface area (Å²) in [6.45, 7) is 7.59. The minimum absolute atomic E-state index is 0.0630. The van der Waals surface area contributed by atoms with Crippen LogP contribution in [0.5, 0.6) is 0 Å². The summed E-state index contributed by atoms with van der Waals surface area (Å²) in [6.07, 6.45) is 2.45. The third-order valence-corrected chi connectivity index (χ3v) is 5.24. The highest BCUT2D eigenvalue weighted by Gasteiger charge is 2.46. The Hall–Kier alpha value is -2.15. The number of ether oxygens (including phenoxy) is 3. The predicted molar refractivity (Wildman–Crippen MR) is 101 cm³/mol. The van der Waals surface area contributed by atoms with E-state index in [0.717, 1.165) is 0 Å². The third-order valence-electron chi connectivity index (χ3n) is 5.24. The SMILES string of the molecule is C=C1C(=O)O[C@@H]2CC(CO)CC/C=C(/C(=O)OC)C[C@@H](OC(=O)CC(C)C)[C@H]12. The molecule has 28 heavy (non-hydrogen) atoms. The summed E-state index contributed by atoms with van der Waals surface area (Å²) in [5.74, 6) is -1.99. The van der Waals surface area contributed by atoms with Gasteiger partial charge in [-0.1, -0.05) is 26.5 Å². The molecule has 0 spiro atoms. The predicted octanol–water partition coefficient (Wildman–Crippen LogP) is 2.32. The van der Waals surface area contributed by atoms with Gasteiger partial charge in [-0.2, -0.15) is 0 Å². The minimum Gasteiger partial charge on any atom is -0.466 e. The lowest BCUT2D eigenvalue weighted by Crippen LogP contribution is -2.36. The minimum atomic E-state index is -0.766. The van der Waals surface area contributed by atoms with Crippen molar-refractivity contribution in [2.45, 2.75) is 58.2 Å². The fourth-order valence-electron chi connectivity index (χ4n) is 3.80. The van der Waals surface area contributed by atoms with Gasteiger partial charge in [0.25, 0.3) is 0 Å². The van der Waals surface area contributed by atoms with Crippen molar-refractivity contribution in [3.8, 4) is 0 Å². The smallest absolute Gasteiger partial charge is 0.334 e. The van der Waals surface area contributed by atoms with Crippen LogP contribution in [0.25, 0.3) is 0 Å². The number of esters is 3. The van der Waals surface area contributed by atoms with E-state index in [9.17, 15) is 19.5 Å². The zero-order valence-corrected chi connectivity index (χ0v) is 16.8. The molecule has 1 saturated heterocycles. The second kappa shape index (κ2) is 9.87. The van der Waals surface area contributed by atoms with Gasteiger partial charge < -0.3 is 19.3 Å². The first-order chi connectivity index (χ1) is 13.3. The molecule has 7 heteroatoms. The van der Waals surface area contributed by atoms with Gasteiger partial charge in [0, 0.05) is 30.6 Å². The van der Waals surface area contributed by atoms with Gasteiger partial charge in [0.05, 0.1) is 13.0 Å². The van der Waals surface area contributed by atoms with E-state index in [0.29, 0.717) is 24.8 Å². The summed E-state index contributed by atoms with van der Waals surface area (Å²) in [4.78, 5) is 36.8. The van der Waals surface area contributed by atoms with E-state index in [1.165, 1.54) is 7.11 Å². The lowest BCUT2D eigenvalue weighted by molar-refractivity contribution is -0.154. The van der Waals surface area contributed by atoms with Crippen molar-refractivity contribution in [3.05, 3.63) is 23.8 Å². The second-order valence-electron chi connectivity index (χ2n) is 7.91. The monoisotopic (exact) mass is 394 g/mol. The van der Waals surface area contributed by atoms with Crippen molar-refractivity contribution in [3.63, 3.8) is 0 Å². The van der Waals surface area contributed by atoms with Crippen LogP contribution in [0.3, 0.4) is 0 Å². The van der Waals surface area contributed by atoms with E-state index in [4.69, 9.17) is 14.2 Å². The molecule has 0 aromatic carbocycles. The molecule has 2 aliphatic rings. The summed E-state index contributed by atoms with van der Waals surface area (Å²) < 4.78 is 16.1. The number of hydrogen-bond donors (Lipinski definition) is 1. The zero-order chi connectivity index (χ0) is 20.8. The third kappa shape index (κ3) is 5.44. The Balaban J connectivity index is 2.39. The summed E-state index contributed by atoms with van der Waals surface area (Å²) >= 11 is 0. The summed E-state index contributed by atoms with van der Waals surface area (Å²) in [7, 11) is 1.29. The van der Waals surface area contributed by atoms with Crippen molar-refractivity contribution < 1.29 is 33.7 Å². The van der Waals surface area contributed by atoms with Crippen LogP contribution < -0.4 is 0 Å². The number of carbonyl (C=O) groups excluding carboxylic acids is 3. The van der Waals surface area contributed by atoms with Crippen molar-refractivity contribution in [1.82, 2.24) is 0 Å². The largest absolute Gasteiger partial charge is 0.466 e. The van der Waals surface area contributed by atoms with E-state index in [-0.39, 0.29) is 36.9 Å². The van der Waals surface area contributed by atoms with Crippen LogP contribution in [0.15, 0.2) is 23.8 Å². The Morgan fingerprint density at radius 3 is 2.71 bits per heavy atom. The van der Waals surface area contributed by atoms with Gasteiger partial charge in [-0.3, -0.25) is 4.79 Å². The highest BCUT2D eigenvalue weighted by Crippen LogP contribution is 2.38. The number of fused-ring (bicyclic) bond motifs is 1. The van der Waals surface area contributed by atoms with Crippen molar-refractivity contribution >= 4 is 17.9 Å². The van der Waals surface area contributed by atoms with E-state index < -0.39 is 36.0 Å². The van der Waals surface area contributed by atoms with Gasteiger partial charge >= 0.3 is 17.9 Å². The van der Waals surface area contributed by atoms with E-state index in [1.54, 1.807) is 6.08 Å². The first kappa shape index (κ1) is 22.1. The molecular formula is C21H30O7. The van der Waals surface area contributed by atoms with E-state index in [2.05, 4.69) is 6.58 Å². The summed E-state index contributed by atoms with van der Waals surface area (Å²) in [6, 6.07) is 0. The molecule has 0 radical (unpaired) electrons. The fraction of sp³-hybridized carbons (Fsp3) is 0.667. The lowest BCUT2D eigenvalue weighted by Gasteiger charge is -2.30. The van der Waals surface area contributed by atoms with Gasteiger partial charge in [-0.15, -0.1) is 0 Å². The van der Waals surface area contributed by atoms with Gasteiger partial charge in [0.15, 0.2) is 0 Å². The summed E-state index contributed by atoms with van der Waals surface area (Å²) in [5.41, 5.74) is 0.614. The van der Waals surface area contributed by atoms with Crippen molar-refractivity contribution in [2.75, 3.05) is 13.7 Å². The molecule has 1 fully saturated rings. The molecule has 0 bridgehead atoms. The maximum atomic E-state index is 12.4. The highest BCUT2D eigenvalue weighted by molar-refractivity contribution is 5.91. The standard InChI is InChI=1S/C21H30O7/c1-12(2)8-18(23)27-17-10-15(21(25)26-4)7-5-6-14(11-22)9-16-19(17)13(3)20(24)28-16/h7,12,14,16-17,19,22H,3,5-6,8-11H2,1-2,4H3/b15-7+/t14?,16-,17-,19-/m1/s1. The van der Waals surface area contributed by atoms with Gasteiger partial charge in [-0.25, -0.2) is 9.59 Å². The zero-order valence-electron chi connectivity index (χ0n) is 16.8. The number of hydrogen-bond acceptors (Lipinski definition) is 7. The molecule has 1 aliphatic carbocycles. The number of carbonyl (C=O) groups is 3. The Bertz CT molecular complexity index is 649. The maximum absolute atomic E-state index is 12.4. The molecule has 4 atom stereocenters. The number of aliphatic hydroxyl groups excluding tert-OH is 1. The Morgan fingerprint density at radius 2 is 2.11 bits per heavy atom. The van der Waals surface area contributed by atoms with Crippen LogP contribution in [0.4, 0.5) is 0 Å². The average molecular weight is 394 g/mol.